The average Bonchev–Trinajstić information content (AvgIpc) is 2.97. The van der Waals surface area contributed by atoms with Gasteiger partial charge in [-0.25, -0.2) is 9.67 Å². The van der Waals surface area contributed by atoms with Crippen molar-refractivity contribution in [3.05, 3.63) is 35.9 Å². The summed E-state index contributed by atoms with van der Waals surface area (Å²) in [5, 5.41) is 7.17. The van der Waals surface area contributed by atoms with Crippen LogP contribution in [0.2, 0.25) is 5.02 Å². The van der Waals surface area contributed by atoms with Crippen LogP contribution in [0, 0.1) is 5.92 Å². The minimum absolute atomic E-state index is 0.0559. The quantitative estimate of drug-likeness (QED) is 0.847. The molecule has 120 valence electrons. The minimum Gasteiger partial charge on any atom is -0.455 e. The third kappa shape index (κ3) is 3.68. The monoisotopic (exact) mass is 334 g/mol. The summed E-state index contributed by atoms with van der Waals surface area (Å²) in [5.41, 5.74) is 1.08. The topological polar surface area (TPSA) is 86.1 Å². The molecule has 0 atom stereocenters. The highest BCUT2D eigenvalue weighted by Crippen LogP contribution is 2.27. The SMILES string of the molecule is O=C(COC(=O)C1CCC1)Nc1cc(Cl)ccc1-n1cncn1. The fourth-order valence-electron chi connectivity index (χ4n) is 2.23. The number of anilines is 1. The number of hydrogen-bond donors (Lipinski definition) is 1. The second-order valence-corrected chi connectivity index (χ2v) is 5.72. The Hall–Kier alpha value is -2.41. The van der Waals surface area contributed by atoms with Gasteiger partial charge in [0.1, 0.15) is 12.7 Å². The molecule has 0 radical (unpaired) electrons. The predicted octanol–water partition coefficient (Wildman–Crippen LogP) is 2.20. The molecule has 1 aromatic carbocycles. The molecule has 8 heteroatoms. The molecule has 1 aliphatic rings. The average molecular weight is 335 g/mol. The molecule has 0 bridgehead atoms. The van der Waals surface area contributed by atoms with Crippen LogP contribution in [0.3, 0.4) is 0 Å². The number of esters is 1. The summed E-state index contributed by atoms with van der Waals surface area (Å²) in [7, 11) is 0. The van der Waals surface area contributed by atoms with E-state index in [0.717, 1.165) is 19.3 Å². The van der Waals surface area contributed by atoms with Gasteiger partial charge in [0.05, 0.1) is 17.3 Å². The van der Waals surface area contributed by atoms with Crippen molar-refractivity contribution in [3.63, 3.8) is 0 Å². The van der Waals surface area contributed by atoms with Crippen molar-refractivity contribution in [1.29, 1.82) is 0 Å². The molecule has 1 aromatic heterocycles. The highest BCUT2D eigenvalue weighted by molar-refractivity contribution is 6.31. The normalized spacial score (nSPS) is 14.1. The van der Waals surface area contributed by atoms with E-state index in [9.17, 15) is 9.59 Å². The van der Waals surface area contributed by atoms with Crippen molar-refractivity contribution in [2.45, 2.75) is 19.3 Å². The lowest BCUT2D eigenvalue weighted by Gasteiger charge is -2.22. The smallest absolute Gasteiger partial charge is 0.309 e. The van der Waals surface area contributed by atoms with Gasteiger partial charge >= 0.3 is 5.97 Å². The van der Waals surface area contributed by atoms with Crippen molar-refractivity contribution in [2.75, 3.05) is 11.9 Å². The molecule has 1 heterocycles. The van der Waals surface area contributed by atoms with Crippen LogP contribution in [0.5, 0.6) is 0 Å². The third-order valence-corrected chi connectivity index (χ3v) is 3.92. The number of aromatic nitrogens is 3. The number of rotatable bonds is 5. The Morgan fingerprint density at radius 3 is 2.87 bits per heavy atom. The van der Waals surface area contributed by atoms with Gasteiger partial charge in [-0.3, -0.25) is 9.59 Å². The Kier molecular flexibility index (Phi) is 4.57. The van der Waals surface area contributed by atoms with Crippen LogP contribution in [0.1, 0.15) is 19.3 Å². The van der Waals surface area contributed by atoms with Crippen LogP contribution >= 0.6 is 11.6 Å². The molecule has 3 rings (SSSR count). The van der Waals surface area contributed by atoms with Crippen LogP contribution in [0.4, 0.5) is 5.69 Å². The van der Waals surface area contributed by atoms with E-state index in [1.54, 1.807) is 18.2 Å². The van der Waals surface area contributed by atoms with E-state index in [2.05, 4.69) is 15.4 Å². The molecular formula is C15H15ClN4O3. The Morgan fingerprint density at radius 2 is 2.22 bits per heavy atom. The van der Waals surface area contributed by atoms with Crippen molar-refractivity contribution in [1.82, 2.24) is 14.8 Å². The number of benzene rings is 1. The number of amides is 1. The van der Waals surface area contributed by atoms with Crippen LogP contribution < -0.4 is 5.32 Å². The first-order chi connectivity index (χ1) is 11.1. The number of carbonyl (C=O) groups excluding carboxylic acids is 2. The molecule has 1 saturated carbocycles. The summed E-state index contributed by atoms with van der Waals surface area (Å²) < 4.78 is 6.53. The van der Waals surface area contributed by atoms with Crippen molar-refractivity contribution >= 4 is 29.2 Å². The molecule has 0 aliphatic heterocycles. The van der Waals surface area contributed by atoms with E-state index in [-0.39, 0.29) is 18.5 Å². The predicted molar refractivity (Wildman–Crippen MR) is 83.3 cm³/mol. The maximum atomic E-state index is 12.0. The first-order valence-corrected chi connectivity index (χ1v) is 7.62. The number of nitrogens with zero attached hydrogens (tertiary/aromatic N) is 3. The second-order valence-electron chi connectivity index (χ2n) is 5.29. The van der Waals surface area contributed by atoms with Crippen LogP contribution in [0.25, 0.3) is 5.69 Å². The molecule has 23 heavy (non-hydrogen) atoms. The zero-order valence-electron chi connectivity index (χ0n) is 12.2. The summed E-state index contributed by atoms with van der Waals surface area (Å²) in [6.07, 6.45) is 5.61. The summed E-state index contributed by atoms with van der Waals surface area (Å²) in [6, 6.07) is 5.00. The number of nitrogens with one attached hydrogen (secondary N) is 1. The van der Waals surface area contributed by atoms with Gasteiger partial charge in [-0.15, -0.1) is 0 Å². The molecule has 0 unspecified atom stereocenters. The molecule has 1 amide bonds. The van der Waals surface area contributed by atoms with Crippen LogP contribution in [-0.2, 0) is 14.3 Å². The van der Waals surface area contributed by atoms with E-state index in [1.165, 1.54) is 17.3 Å². The van der Waals surface area contributed by atoms with E-state index >= 15 is 0 Å². The standard InChI is InChI=1S/C15H15ClN4O3/c16-11-4-5-13(20-9-17-8-18-20)12(6-11)19-14(21)7-23-15(22)10-2-1-3-10/h4-6,8-10H,1-3,7H2,(H,19,21). The maximum Gasteiger partial charge on any atom is 0.309 e. The van der Waals surface area contributed by atoms with Gasteiger partial charge in [-0.2, -0.15) is 5.10 Å². The van der Waals surface area contributed by atoms with Gasteiger partial charge < -0.3 is 10.1 Å². The second kappa shape index (κ2) is 6.78. The summed E-state index contributed by atoms with van der Waals surface area (Å²) in [5.74, 6) is -0.796. The molecule has 1 N–H and O–H groups in total. The Balaban J connectivity index is 1.65. The minimum atomic E-state index is -0.429. The van der Waals surface area contributed by atoms with Gasteiger partial charge in [0, 0.05) is 5.02 Å². The van der Waals surface area contributed by atoms with Crippen molar-refractivity contribution in [2.24, 2.45) is 5.92 Å². The van der Waals surface area contributed by atoms with Gasteiger partial charge in [0.15, 0.2) is 6.61 Å². The zero-order valence-corrected chi connectivity index (χ0v) is 13.0. The van der Waals surface area contributed by atoms with Gasteiger partial charge in [0.2, 0.25) is 0 Å². The molecule has 1 fully saturated rings. The Labute approximate surface area is 137 Å². The molecule has 1 aliphatic carbocycles. The third-order valence-electron chi connectivity index (χ3n) is 3.68. The van der Waals surface area contributed by atoms with E-state index < -0.39 is 5.91 Å². The lowest BCUT2D eigenvalue weighted by molar-refractivity contribution is -0.154. The van der Waals surface area contributed by atoms with E-state index in [0.29, 0.717) is 16.4 Å². The zero-order chi connectivity index (χ0) is 16.2. The highest BCUT2D eigenvalue weighted by Gasteiger charge is 2.27. The summed E-state index contributed by atoms with van der Waals surface area (Å²) in [4.78, 5) is 27.5. The van der Waals surface area contributed by atoms with Crippen molar-refractivity contribution in [3.8, 4) is 5.69 Å². The van der Waals surface area contributed by atoms with Crippen LogP contribution in [0.15, 0.2) is 30.9 Å². The van der Waals surface area contributed by atoms with E-state index in [4.69, 9.17) is 16.3 Å². The molecule has 0 spiro atoms. The largest absolute Gasteiger partial charge is 0.455 e. The number of hydrogen-bond acceptors (Lipinski definition) is 5. The fourth-order valence-corrected chi connectivity index (χ4v) is 2.40. The summed E-state index contributed by atoms with van der Waals surface area (Å²) in [6.45, 7) is -0.321. The van der Waals surface area contributed by atoms with Gasteiger partial charge in [-0.05, 0) is 31.0 Å². The Morgan fingerprint density at radius 1 is 1.39 bits per heavy atom. The van der Waals surface area contributed by atoms with Gasteiger partial charge in [-0.1, -0.05) is 18.0 Å². The Bertz CT molecular complexity index is 714. The first-order valence-electron chi connectivity index (χ1n) is 7.24. The number of carbonyl (C=O) groups is 2. The first kappa shape index (κ1) is 15.5. The molecule has 0 saturated heterocycles. The number of halogens is 1. The maximum absolute atomic E-state index is 12.0. The lowest BCUT2D eigenvalue weighted by atomic mass is 9.86. The molecular weight excluding hydrogens is 320 g/mol. The number of ether oxygens (including phenoxy) is 1. The van der Waals surface area contributed by atoms with Crippen LogP contribution in [-0.4, -0.2) is 33.2 Å². The van der Waals surface area contributed by atoms with Crippen molar-refractivity contribution < 1.29 is 14.3 Å². The molecule has 7 nitrogen and oxygen atoms in total. The van der Waals surface area contributed by atoms with Gasteiger partial charge in [0.25, 0.3) is 5.91 Å². The van der Waals surface area contributed by atoms with E-state index in [1.807, 2.05) is 0 Å². The summed E-state index contributed by atoms with van der Waals surface area (Å²) >= 11 is 5.98. The fraction of sp³-hybridized carbons (Fsp3) is 0.333. The lowest BCUT2D eigenvalue weighted by Crippen LogP contribution is -2.28. The molecule has 2 aromatic rings. The highest BCUT2D eigenvalue weighted by atomic mass is 35.5.